The molecule has 1 aromatic carbocycles. The van der Waals surface area contributed by atoms with Crippen LogP contribution >= 0.6 is 0 Å². The van der Waals surface area contributed by atoms with Crippen LogP contribution in [0.4, 0.5) is 13.2 Å². The molecule has 0 amide bonds. The SMILES string of the molecule is FC(F)(F)C1(c2ccc(OCC3CCCCC3)cc2)C=N1. The zero-order valence-electron chi connectivity index (χ0n) is 11.7. The molecule has 0 N–H and O–H groups in total. The van der Waals surface area contributed by atoms with Gasteiger partial charge in [-0.3, -0.25) is 4.99 Å². The van der Waals surface area contributed by atoms with Crippen LogP contribution in [-0.2, 0) is 5.54 Å². The molecule has 1 heterocycles. The smallest absolute Gasteiger partial charge is 0.422 e. The van der Waals surface area contributed by atoms with Gasteiger partial charge in [0.25, 0.3) is 0 Å². The van der Waals surface area contributed by atoms with Crippen molar-refractivity contribution in [2.75, 3.05) is 6.61 Å². The Morgan fingerprint density at radius 3 is 2.24 bits per heavy atom. The summed E-state index contributed by atoms with van der Waals surface area (Å²) >= 11 is 0. The fraction of sp³-hybridized carbons (Fsp3) is 0.562. The molecule has 114 valence electrons. The van der Waals surface area contributed by atoms with Gasteiger partial charge in [-0.15, -0.1) is 0 Å². The largest absolute Gasteiger partial charge is 0.493 e. The van der Waals surface area contributed by atoms with Crippen molar-refractivity contribution in [3.8, 4) is 5.75 Å². The van der Waals surface area contributed by atoms with Crippen molar-refractivity contribution >= 4 is 6.21 Å². The quantitative estimate of drug-likeness (QED) is 0.802. The average Bonchev–Trinajstić information content (AvgIpc) is 3.28. The van der Waals surface area contributed by atoms with Crippen molar-refractivity contribution in [2.45, 2.75) is 43.8 Å². The highest BCUT2D eigenvalue weighted by Gasteiger charge is 2.61. The highest BCUT2D eigenvalue weighted by atomic mass is 19.4. The van der Waals surface area contributed by atoms with Crippen LogP contribution in [0.1, 0.15) is 37.7 Å². The summed E-state index contributed by atoms with van der Waals surface area (Å²) in [5.74, 6) is 1.20. The van der Waals surface area contributed by atoms with E-state index in [1.54, 1.807) is 12.1 Å². The van der Waals surface area contributed by atoms with Gasteiger partial charge in [0.1, 0.15) is 5.75 Å². The second-order valence-corrected chi connectivity index (χ2v) is 5.86. The van der Waals surface area contributed by atoms with Crippen LogP contribution in [0, 0.1) is 5.92 Å². The van der Waals surface area contributed by atoms with Gasteiger partial charge in [0.2, 0.25) is 5.54 Å². The molecule has 1 aromatic rings. The van der Waals surface area contributed by atoms with E-state index in [-0.39, 0.29) is 5.56 Å². The third-order valence-electron chi connectivity index (χ3n) is 4.32. The molecular formula is C16H18F3NO. The molecule has 0 aromatic heterocycles. The lowest BCUT2D eigenvalue weighted by Gasteiger charge is -2.22. The highest BCUT2D eigenvalue weighted by Crippen LogP contribution is 2.48. The first-order chi connectivity index (χ1) is 10.0. The minimum absolute atomic E-state index is 0.153. The van der Waals surface area contributed by atoms with Crippen LogP contribution in [0.2, 0.25) is 0 Å². The predicted octanol–water partition coefficient (Wildman–Crippen LogP) is 4.49. The van der Waals surface area contributed by atoms with Crippen molar-refractivity contribution in [1.82, 2.24) is 0 Å². The number of halogens is 3. The highest BCUT2D eigenvalue weighted by molar-refractivity contribution is 5.87. The first kappa shape index (κ1) is 14.4. The Hall–Kier alpha value is -1.52. The predicted molar refractivity (Wildman–Crippen MR) is 74.7 cm³/mol. The van der Waals surface area contributed by atoms with E-state index in [1.807, 2.05) is 0 Å². The van der Waals surface area contributed by atoms with E-state index in [9.17, 15) is 13.2 Å². The molecule has 0 saturated heterocycles. The van der Waals surface area contributed by atoms with Gasteiger partial charge in [-0.2, -0.15) is 13.2 Å². The van der Waals surface area contributed by atoms with E-state index < -0.39 is 11.7 Å². The molecule has 1 saturated carbocycles. The third-order valence-corrected chi connectivity index (χ3v) is 4.32. The number of nitrogens with zero attached hydrogens (tertiary/aromatic N) is 1. The molecule has 0 radical (unpaired) electrons. The van der Waals surface area contributed by atoms with Crippen molar-refractivity contribution < 1.29 is 17.9 Å². The summed E-state index contributed by atoms with van der Waals surface area (Å²) in [6, 6.07) is 6.12. The number of alkyl halides is 3. The maximum absolute atomic E-state index is 12.9. The van der Waals surface area contributed by atoms with Crippen LogP contribution in [0.3, 0.4) is 0 Å². The lowest BCUT2D eigenvalue weighted by atomic mass is 9.90. The van der Waals surface area contributed by atoms with Gasteiger partial charge >= 0.3 is 6.18 Å². The summed E-state index contributed by atoms with van der Waals surface area (Å²) in [7, 11) is 0. The zero-order chi connectivity index (χ0) is 14.9. The lowest BCUT2D eigenvalue weighted by molar-refractivity contribution is -0.156. The summed E-state index contributed by atoms with van der Waals surface area (Å²) in [5.41, 5.74) is -1.94. The average molecular weight is 297 g/mol. The van der Waals surface area contributed by atoms with Crippen molar-refractivity contribution in [2.24, 2.45) is 10.9 Å². The molecule has 21 heavy (non-hydrogen) atoms. The van der Waals surface area contributed by atoms with Gasteiger partial charge < -0.3 is 4.74 Å². The van der Waals surface area contributed by atoms with Gasteiger partial charge in [0.15, 0.2) is 0 Å². The van der Waals surface area contributed by atoms with E-state index in [4.69, 9.17) is 4.74 Å². The first-order valence-electron chi connectivity index (χ1n) is 7.38. The number of aliphatic imine (C=N–C) groups is 1. The Kier molecular flexibility index (Phi) is 3.68. The van der Waals surface area contributed by atoms with Crippen LogP contribution in [-0.4, -0.2) is 19.0 Å². The Morgan fingerprint density at radius 1 is 1.10 bits per heavy atom. The van der Waals surface area contributed by atoms with Gasteiger partial charge in [0, 0.05) is 6.21 Å². The topological polar surface area (TPSA) is 21.6 Å². The summed E-state index contributed by atoms with van der Waals surface area (Å²) in [5, 5.41) is 0. The van der Waals surface area contributed by atoms with Gasteiger partial charge in [-0.25, -0.2) is 0 Å². The Labute approximate surface area is 122 Å². The molecule has 0 spiro atoms. The molecule has 1 aliphatic heterocycles. The molecule has 1 unspecified atom stereocenters. The molecule has 1 fully saturated rings. The molecule has 1 aliphatic carbocycles. The van der Waals surface area contributed by atoms with Gasteiger partial charge in [-0.1, -0.05) is 31.4 Å². The fourth-order valence-electron chi connectivity index (χ4n) is 2.90. The minimum atomic E-state index is -4.36. The second kappa shape index (κ2) is 5.35. The fourth-order valence-corrected chi connectivity index (χ4v) is 2.90. The summed E-state index contributed by atoms with van der Waals surface area (Å²) in [6.45, 7) is 0.653. The van der Waals surface area contributed by atoms with Gasteiger partial charge in [0.05, 0.1) is 6.61 Å². The Morgan fingerprint density at radius 2 is 1.71 bits per heavy atom. The van der Waals surface area contributed by atoms with E-state index in [0.717, 1.165) is 6.21 Å². The first-order valence-corrected chi connectivity index (χ1v) is 7.38. The lowest BCUT2D eigenvalue weighted by Crippen LogP contribution is -2.31. The molecule has 2 aliphatic rings. The van der Waals surface area contributed by atoms with Gasteiger partial charge in [-0.05, 0) is 36.5 Å². The van der Waals surface area contributed by atoms with Crippen LogP contribution in [0.5, 0.6) is 5.75 Å². The number of benzene rings is 1. The van der Waals surface area contributed by atoms with Crippen molar-refractivity contribution in [3.63, 3.8) is 0 Å². The van der Waals surface area contributed by atoms with Crippen LogP contribution in [0.15, 0.2) is 29.3 Å². The minimum Gasteiger partial charge on any atom is -0.493 e. The molecule has 0 bridgehead atoms. The Bertz CT molecular complexity index is 509. The van der Waals surface area contributed by atoms with E-state index in [0.29, 0.717) is 18.3 Å². The summed E-state index contributed by atoms with van der Waals surface area (Å²) in [6.07, 6.45) is 2.75. The maximum Gasteiger partial charge on any atom is 0.422 e. The normalized spacial score (nSPS) is 25.9. The molecule has 1 atom stereocenters. The molecule has 3 rings (SSSR count). The van der Waals surface area contributed by atoms with E-state index in [2.05, 4.69) is 4.99 Å². The standard InChI is InChI=1S/C16H18F3NO/c17-16(18,19)15(11-20-15)13-6-8-14(9-7-13)21-10-12-4-2-1-3-5-12/h6-9,11-12H,1-5,10H2. The van der Waals surface area contributed by atoms with Crippen molar-refractivity contribution in [3.05, 3.63) is 29.8 Å². The van der Waals surface area contributed by atoms with E-state index in [1.165, 1.54) is 44.2 Å². The zero-order valence-corrected chi connectivity index (χ0v) is 11.7. The van der Waals surface area contributed by atoms with Crippen LogP contribution < -0.4 is 4.74 Å². The van der Waals surface area contributed by atoms with Crippen molar-refractivity contribution in [1.29, 1.82) is 0 Å². The molecule has 5 heteroatoms. The van der Waals surface area contributed by atoms with E-state index >= 15 is 0 Å². The number of hydrogen-bond acceptors (Lipinski definition) is 2. The number of ether oxygens (including phenoxy) is 1. The van der Waals surface area contributed by atoms with Crippen LogP contribution in [0.25, 0.3) is 0 Å². The molecular weight excluding hydrogens is 279 g/mol. The molecule has 2 nitrogen and oxygen atoms in total. The summed E-state index contributed by atoms with van der Waals surface area (Å²) in [4.78, 5) is 3.43. The third kappa shape index (κ3) is 2.92. The monoisotopic (exact) mass is 297 g/mol. The maximum atomic E-state index is 12.9. The number of rotatable bonds is 4. The Balaban J connectivity index is 1.60. The number of hydrogen-bond donors (Lipinski definition) is 0. The second-order valence-electron chi connectivity index (χ2n) is 5.86. The summed E-state index contributed by atoms with van der Waals surface area (Å²) < 4.78 is 44.4.